The highest BCUT2D eigenvalue weighted by Crippen LogP contribution is 2.32. The van der Waals surface area contributed by atoms with Crippen molar-refractivity contribution in [3.8, 4) is 11.5 Å². The van der Waals surface area contributed by atoms with E-state index in [0.717, 1.165) is 50.5 Å². The Balaban J connectivity index is 1.71. The first-order chi connectivity index (χ1) is 13.7. The minimum atomic E-state index is 0.680. The molecule has 0 spiro atoms. The van der Waals surface area contributed by atoms with Crippen LogP contribution in [0.25, 0.3) is 21.8 Å². The lowest BCUT2D eigenvalue weighted by atomic mass is 10.1. The Bertz CT molecular complexity index is 817. The summed E-state index contributed by atoms with van der Waals surface area (Å²) in [4.78, 5) is 0. The summed E-state index contributed by atoms with van der Waals surface area (Å²) in [5.74, 6) is 1.82. The van der Waals surface area contributed by atoms with Gasteiger partial charge < -0.3 is 24.7 Å². The summed E-state index contributed by atoms with van der Waals surface area (Å²) in [6, 6.07) is 12.7. The van der Waals surface area contributed by atoms with E-state index in [1.807, 2.05) is 0 Å². The molecular weight excluding hydrogens is 350 g/mol. The first-order valence-corrected chi connectivity index (χ1v) is 10.4. The van der Waals surface area contributed by atoms with Crippen LogP contribution in [0.2, 0.25) is 0 Å². The molecule has 3 rings (SSSR count). The molecule has 0 fully saturated rings. The molecule has 0 aliphatic carbocycles. The van der Waals surface area contributed by atoms with Crippen molar-refractivity contribution >= 4 is 21.8 Å². The van der Waals surface area contributed by atoms with Gasteiger partial charge in [-0.05, 0) is 50.2 Å². The van der Waals surface area contributed by atoms with Gasteiger partial charge in [-0.1, -0.05) is 13.8 Å². The van der Waals surface area contributed by atoms with Crippen LogP contribution < -0.4 is 20.1 Å². The Hall–Kier alpha value is -2.24. The summed E-state index contributed by atoms with van der Waals surface area (Å²) in [6.45, 7) is 9.50. The number of benzene rings is 2. The molecule has 2 aromatic carbocycles. The zero-order valence-corrected chi connectivity index (χ0v) is 17.4. The Labute approximate surface area is 168 Å². The van der Waals surface area contributed by atoms with Crippen LogP contribution in [0.1, 0.15) is 26.7 Å². The third-order valence-electron chi connectivity index (χ3n) is 4.90. The number of nitrogens with one attached hydrogen (secondary N) is 2. The van der Waals surface area contributed by atoms with Crippen molar-refractivity contribution in [2.45, 2.75) is 26.7 Å². The van der Waals surface area contributed by atoms with Crippen LogP contribution in [0.15, 0.2) is 36.4 Å². The second-order valence-electron chi connectivity index (χ2n) is 7.11. The van der Waals surface area contributed by atoms with Crippen molar-refractivity contribution in [1.29, 1.82) is 0 Å². The van der Waals surface area contributed by atoms with Crippen LogP contribution in [0.3, 0.4) is 0 Å². The van der Waals surface area contributed by atoms with E-state index in [2.05, 4.69) is 72.5 Å². The van der Waals surface area contributed by atoms with Crippen LogP contribution >= 0.6 is 0 Å². The van der Waals surface area contributed by atoms with Crippen LogP contribution in [0.5, 0.6) is 11.5 Å². The lowest BCUT2D eigenvalue weighted by molar-refractivity contribution is 0.314. The van der Waals surface area contributed by atoms with Gasteiger partial charge in [-0.2, -0.15) is 0 Å². The summed E-state index contributed by atoms with van der Waals surface area (Å²) >= 11 is 0. The molecule has 28 heavy (non-hydrogen) atoms. The van der Waals surface area contributed by atoms with E-state index in [9.17, 15) is 0 Å². The minimum absolute atomic E-state index is 0.680. The molecule has 3 aromatic rings. The maximum Gasteiger partial charge on any atom is 0.121 e. The molecule has 0 saturated carbocycles. The molecule has 0 amide bonds. The van der Waals surface area contributed by atoms with Crippen LogP contribution in [-0.4, -0.2) is 44.0 Å². The third-order valence-corrected chi connectivity index (χ3v) is 4.90. The van der Waals surface area contributed by atoms with E-state index in [4.69, 9.17) is 9.47 Å². The molecule has 0 aliphatic heterocycles. The topological polar surface area (TPSA) is 47.4 Å². The zero-order chi connectivity index (χ0) is 19.8. The monoisotopic (exact) mass is 383 g/mol. The zero-order valence-electron chi connectivity index (χ0n) is 17.4. The molecule has 0 atom stereocenters. The number of ether oxygens (including phenoxy) is 2. The fourth-order valence-electron chi connectivity index (χ4n) is 3.43. The van der Waals surface area contributed by atoms with Crippen molar-refractivity contribution in [3.63, 3.8) is 0 Å². The second kappa shape index (κ2) is 10.3. The molecule has 5 heteroatoms. The van der Waals surface area contributed by atoms with Gasteiger partial charge in [-0.15, -0.1) is 0 Å². The van der Waals surface area contributed by atoms with Gasteiger partial charge >= 0.3 is 0 Å². The van der Waals surface area contributed by atoms with E-state index < -0.39 is 0 Å². The van der Waals surface area contributed by atoms with Crippen LogP contribution in [0, 0.1) is 0 Å². The molecule has 0 bridgehead atoms. The van der Waals surface area contributed by atoms with Gasteiger partial charge in [0.1, 0.15) is 24.7 Å². The number of aromatic nitrogens is 1. The van der Waals surface area contributed by atoms with Gasteiger partial charge in [0, 0.05) is 43.0 Å². The Morgan fingerprint density at radius 3 is 1.61 bits per heavy atom. The van der Waals surface area contributed by atoms with Gasteiger partial charge in [-0.25, -0.2) is 0 Å². The van der Waals surface area contributed by atoms with E-state index in [-0.39, 0.29) is 0 Å². The van der Waals surface area contributed by atoms with Gasteiger partial charge in [0.05, 0.1) is 11.0 Å². The van der Waals surface area contributed by atoms with Crippen LogP contribution in [0.4, 0.5) is 0 Å². The highest BCUT2D eigenvalue weighted by atomic mass is 16.5. The molecule has 0 unspecified atom stereocenters. The van der Waals surface area contributed by atoms with Gasteiger partial charge in [-0.3, -0.25) is 0 Å². The molecule has 0 radical (unpaired) electrons. The predicted molar refractivity (Wildman–Crippen MR) is 118 cm³/mol. The van der Waals surface area contributed by atoms with E-state index in [0.29, 0.717) is 13.2 Å². The smallest absolute Gasteiger partial charge is 0.121 e. The number of hydrogen-bond acceptors (Lipinski definition) is 4. The number of hydrogen-bond donors (Lipinski definition) is 2. The quantitative estimate of drug-likeness (QED) is 0.463. The molecule has 152 valence electrons. The van der Waals surface area contributed by atoms with Crippen molar-refractivity contribution in [2.24, 2.45) is 7.05 Å². The van der Waals surface area contributed by atoms with E-state index >= 15 is 0 Å². The first kappa shape index (κ1) is 20.5. The Morgan fingerprint density at radius 2 is 1.18 bits per heavy atom. The Kier molecular flexibility index (Phi) is 7.57. The summed E-state index contributed by atoms with van der Waals surface area (Å²) in [6.07, 6.45) is 2.28. The summed E-state index contributed by atoms with van der Waals surface area (Å²) in [5, 5.41) is 9.20. The number of nitrogens with zero attached hydrogens (tertiary/aromatic N) is 1. The normalized spacial score (nSPS) is 11.4. The molecule has 2 N–H and O–H groups in total. The predicted octanol–water partition coefficient (Wildman–Crippen LogP) is 4.09. The average molecular weight is 384 g/mol. The summed E-state index contributed by atoms with van der Waals surface area (Å²) in [7, 11) is 2.10. The van der Waals surface area contributed by atoms with Crippen molar-refractivity contribution in [3.05, 3.63) is 36.4 Å². The Morgan fingerprint density at radius 1 is 0.714 bits per heavy atom. The number of rotatable bonds is 12. The van der Waals surface area contributed by atoms with Gasteiger partial charge in [0.15, 0.2) is 0 Å². The fourth-order valence-corrected chi connectivity index (χ4v) is 3.43. The molecule has 0 aliphatic rings. The molecule has 1 aromatic heterocycles. The third kappa shape index (κ3) is 4.97. The average Bonchev–Trinajstić information content (AvgIpc) is 2.99. The highest BCUT2D eigenvalue weighted by molar-refractivity contribution is 6.08. The maximum atomic E-state index is 5.91. The largest absolute Gasteiger partial charge is 0.492 e. The minimum Gasteiger partial charge on any atom is -0.492 e. The SMILES string of the molecule is CCCNCCOc1ccc2c3ccc(OCCNCCC)cc3n(C)c2c1. The highest BCUT2D eigenvalue weighted by Gasteiger charge is 2.10. The molecule has 1 heterocycles. The molecule has 0 saturated heterocycles. The van der Waals surface area contributed by atoms with Crippen molar-refractivity contribution < 1.29 is 9.47 Å². The first-order valence-electron chi connectivity index (χ1n) is 10.4. The van der Waals surface area contributed by atoms with Gasteiger partial charge in [0.2, 0.25) is 0 Å². The fraction of sp³-hybridized carbons (Fsp3) is 0.478. The van der Waals surface area contributed by atoms with Gasteiger partial charge in [0.25, 0.3) is 0 Å². The van der Waals surface area contributed by atoms with E-state index in [1.54, 1.807) is 0 Å². The maximum absolute atomic E-state index is 5.91. The number of fused-ring (bicyclic) bond motifs is 3. The van der Waals surface area contributed by atoms with Crippen molar-refractivity contribution in [2.75, 3.05) is 39.4 Å². The lowest BCUT2D eigenvalue weighted by Gasteiger charge is -2.08. The van der Waals surface area contributed by atoms with E-state index in [1.165, 1.54) is 21.8 Å². The lowest BCUT2D eigenvalue weighted by Crippen LogP contribution is -2.21. The standard InChI is InChI=1S/C23H33N3O2/c1-4-10-24-12-14-27-18-6-8-20-21-9-7-19(28-15-13-25-11-5-2)17-23(21)26(3)22(20)16-18/h6-9,16-17,24-25H,4-5,10-15H2,1-3H3. The molecule has 5 nitrogen and oxygen atoms in total. The second-order valence-corrected chi connectivity index (χ2v) is 7.11. The summed E-state index contributed by atoms with van der Waals surface area (Å²) < 4.78 is 14.0. The molecular formula is C23H33N3O2. The number of aryl methyl sites for hydroxylation is 1. The summed E-state index contributed by atoms with van der Waals surface area (Å²) in [5.41, 5.74) is 2.35. The van der Waals surface area contributed by atoms with Crippen LogP contribution in [-0.2, 0) is 7.05 Å². The van der Waals surface area contributed by atoms with Crippen molar-refractivity contribution in [1.82, 2.24) is 15.2 Å².